The van der Waals surface area contributed by atoms with Gasteiger partial charge in [-0.3, -0.25) is 9.59 Å². The third-order valence-electron chi connectivity index (χ3n) is 2.75. The monoisotopic (exact) mass is 239 g/mol. The lowest BCUT2D eigenvalue weighted by Crippen LogP contribution is -2.17. The van der Waals surface area contributed by atoms with Crippen LogP contribution < -0.4 is 5.32 Å². The van der Waals surface area contributed by atoms with E-state index in [4.69, 9.17) is 0 Å². The number of carbonyl (C=O) groups is 2. The summed E-state index contributed by atoms with van der Waals surface area (Å²) in [6, 6.07) is 14.7. The highest BCUT2D eigenvalue weighted by atomic mass is 16.1. The molecule has 0 heterocycles. The fourth-order valence-electron chi connectivity index (χ4n) is 1.71. The molecule has 2 aromatic rings. The van der Waals surface area contributed by atoms with Crippen LogP contribution in [0.1, 0.15) is 20.7 Å². The van der Waals surface area contributed by atoms with Gasteiger partial charge in [-0.25, -0.2) is 0 Å². The Morgan fingerprint density at radius 3 is 1.89 bits per heavy atom. The zero-order valence-electron chi connectivity index (χ0n) is 10.0. The number of aldehydes is 1. The van der Waals surface area contributed by atoms with Crippen LogP contribution in [-0.4, -0.2) is 19.2 Å². The van der Waals surface area contributed by atoms with Crippen molar-refractivity contribution in [3.8, 4) is 11.1 Å². The van der Waals surface area contributed by atoms with E-state index < -0.39 is 0 Å². The molecule has 0 unspecified atom stereocenters. The van der Waals surface area contributed by atoms with Gasteiger partial charge in [0.2, 0.25) is 0 Å². The first-order chi connectivity index (χ1) is 8.74. The second kappa shape index (κ2) is 5.27. The third kappa shape index (κ3) is 2.46. The fraction of sp³-hybridized carbons (Fsp3) is 0.0667. The van der Waals surface area contributed by atoms with E-state index in [1.54, 1.807) is 31.3 Å². The quantitative estimate of drug-likeness (QED) is 0.836. The van der Waals surface area contributed by atoms with Gasteiger partial charge in [-0.2, -0.15) is 0 Å². The van der Waals surface area contributed by atoms with Gasteiger partial charge in [-0.05, 0) is 23.3 Å². The molecule has 3 nitrogen and oxygen atoms in total. The lowest BCUT2D eigenvalue weighted by atomic mass is 10.0. The smallest absolute Gasteiger partial charge is 0.251 e. The van der Waals surface area contributed by atoms with Gasteiger partial charge in [-0.1, -0.05) is 36.4 Å². The second-order valence-electron chi connectivity index (χ2n) is 3.90. The minimum Gasteiger partial charge on any atom is -0.355 e. The second-order valence-corrected chi connectivity index (χ2v) is 3.90. The predicted molar refractivity (Wildman–Crippen MR) is 70.7 cm³/mol. The molecule has 0 aromatic heterocycles. The van der Waals surface area contributed by atoms with Crippen LogP contribution >= 0.6 is 0 Å². The minimum atomic E-state index is -0.0992. The van der Waals surface area contributed by atoms with Crippen LogP contribution in [0.5, 0.6) is 0 Å². The summed E-state index contributed by atoms with van der Waals surface area (Å²) in [5.74, 6) is -0.0992. The molecule has 90 valence electrons. The van der Waals surface area contributed by atoms with E-state index >= 15 is 0 Å². The van der Waals surface area contributed by atoms with Crippen LogP contribution in [-0.2, 0) is 0 Å². The number of benzene rings is 2. The standard InChI is InChI=1S/C15H13NO2/c1-16-15(18)14-8-6-13(7-9-14)12-4-2-11(10-17)3-5-12/h2-10H,1H3,(H,16,18). The Hall–Kier alpha value is -2.42. The first-order valence-corrected chi connectivity index (χ1v) is 5.62. The molecule has 0 saturated carbocycles. The molecule has 0 spiro atoms. The van der Waals surface area contributed by atoms with Gasteiger partial charge in [0, 0.05) is 18.2 Å². The Labute approximate surface area is 105 Å². The van der Waals surface area contributed by atoms with Gasteiger partial charge in [-0.15, -0.1) is 0 Å². The Kier molecular flexibility index (Phi) is 3.53. The molecule has 0 fully saturated rings. The number of carbonyl (C=O) groups excluding carboxylic acids is 2. The van der Waals surface area contributed by atoms with E-state index in [9.17, 15) is 9.59 Å². The van der Waals surface area contributed by atoms with E-state index in [2.05, 4.69) is 5.32 Å². The van der Waals surface area contributed by atoms with E-state index in [1.165, 1.54) is 0 Å². The maximum atomic E-state index is 11.4. The van der Waals surface area contributed by atoms with Crippen LogP contribution in [0.15, 0.2) is 48.5 Å². The molecule has 3 heteroatoms. The average molecular weight is 239 g/mol. The summed E-state index contributed by atoms with van der Waals surface area (Å²) in [6.07, 6.45) is 0.818. The van der Waals surface area contributed by atoms with E-state index in [1.807, 2.05) is 24.3 Å². The van der Waals surface area contributed by atoms with Crippen molar-refractivity contribution in [1.29, 1.82) is 0 Å². The average Bonchev–Trinajstić information content (AvgIpc) is 2.47. The summed E-state index contributed by atoms with van der Waals surface area (Å²) >= 11 is 0. The number of hydrogen-bond acceptors (Lipinski definition) is 2. The van der Waals surface area contributed by atoms with Crippen LogP contribution in [0.2, 0.25) is 0 Å². The molecule has 2 aromatic carbocycles. The van der Waals surface area contributed by atoms with Crippen LogP contribution in [0.25, 0.3) is 11.1 Å². The normalized spacial score (nSPS) is 9.83. The minimum absolute atomic E-state index is 0.0992. The lowest BCUT2D eigenvalue weighted by Gasteiger charge is -2.04. The molecular formula is C15H13NO2. The Bertz CT molecular complexity index is 556. The molecule has 0 bridgehead atoms. The molecule has 0 aliphatic heterocycles. The van der Waals surface area contributed by atoms with Crippen molar-refractivity contribution in [2.24, 2.45) is 0 Å². The van der Waals surface area contributed by atoms with Gasteiger partial charge >= 0.3 is 0 Å². The van der Waals surface area contributed by atoms with Crippen molar-refractivity contribution in [1.82, 2.24) is 5.32 Å². The summed E-state index contributed by atoms with van der Waals surface area (Å²) in [5, 5.41) is 2.58. The Balaban J connectivity index is 2.28. The molecule has 0 atom stereocenters. The van der Waals surface area contributed by atoms with Gasteiger partial charge in [0.05, 0.1) is 0 Å². The van der Waals surface area contributed by atoms with Crippen LogP contribution in [0.4, 0.5) is 0 Å². The largest absolute Gasteiger partial charge is 0.355 e. The highest BCUT2D eigenvalue weighted by molar-refractivity contribution is 5.94. The van der Waals surface area contributed by atoms with Gasteiger partial charge in [0.15, 0.2) is 0 Å². The summed E-state index contributed by atoms with van der Waals surface area (Å²) in [5.41, 5.74) is 3.32. The maximum absolute atomic E-state index is 11.4. The summed E-state index contributed by atoms with van der Waals surface area (Å²) in [7, 11) is 1.61. The zero-order chi connectivity index (χ0) is 13.0. The van der Waals surface area contributed by atoms with Crippen molar-refractivity contribution in [3.63, 3.8) is 0 Å². The topological polar surface area (TPSA) is 46.2 Å². The summed E-state index contributed by atoms with van der Waals surface area (Å²) in [4.78, 5) is 22.0. The zero-order valence-corrected chi connectivity index (χ0v) is 10.0. The molecule has 0 saturated heterocycles. The number of hydrogen-bond donors (Lipinski definition) is 1. The molecule has 0 aliphatic carbocycles. The molecule has 18 heavy (non-hydrogen) atoms. The van der Waals surface area contributed by atoms with Gasteiger partial charge in [0.1, 0.15) is 6.29 Å². The van der Waals surface area contributed by atoms with Crippen molar-refractivity contribution >= 4 is 12.2 Å². The SMILES string of the molecule is CNC(=O)c1ccc(-c2ccc(C=O)cc2)cc1. The number of amides is 1. The molecule has 1 amide bonds. The summed E-state index contributed by atoms with van der Waals surface area (Å²) in [6.45, 7) is 0. The molecular weight excluding hydrogens is 226 g/mol. The predicted octanol–water partition coefficient (Wildman–Crippen LogP) is 2.53. The Morgan fingerprint density at radius 1 is 0.944 bits per heavy atom. The lowest BCUT2D eigenvalue weighted by molar-refractivity contribution is 0.0962. The highest BCUT2D eigenvalue weighted by Crippen LogP contribution is 2.20. The molecule has 2 rings (SSSR count). The first kappa shape index (κ1) is 12.0. The highest BCUT2D eigenvalue weighted by Gasteiger charge is 2.03. The molecule has 0 aliphatic rings. The van der Waals surface area contributed by atoms with Crippen molar-refractivity contribution in [2.75, 3.05) is 7.05 Å². The van der Waals surface area contributed by atoms with Gasteiger partial charge < -0.3 is 5.32 Å². The number of nitrogens with one attached hydrogen (secondary N) is 1. The van der Waals surface area contributed by atoms with E-state index in [-0.39, 0.29) is 5.91 Å². The van der Waals surface area contributed by atoms with Crippen LogP contribution in [0, 0.1) is 0 Å². The maximum Gasteiger partial charge on any atom is 0.251 e. The van der Waals surface area contributed by atoms with Crippen molar-refractivity contribution < 1.29 is 9.59 Å². The van der Waals surface area contributed by atoms with E-state index in [0.29, 0.717) is 11.1 Å². The molecule has 1 N–H and O–H groups in total. The van der Waals surface area contributed by atoms with Crippen molar-refractivity contribution in [2.45, 2.75) is 0 Å². The van der Waals surface area contributed by atoms with Crippen molar-refractivity contribution in [3.05, 3.63) is 59.7 Å². The Morgan fingerprint density at radius 2 is 1.44 bits per heavy atom. The van der Waals surface area contributed by atoms with Crippen LogP contribution in [0.3, 0.4) is 0 Å². The fourth-order valence-corrected chi connectivity index (χ4v) is 1.71. The first-order valence-electron chi connectivity index (χ1n) is 5.62. The molecule has 0 radical (unpaired) electrons. The van der Waals surface area contributed by atoms with E-state index in [0.717, 1.165) is 17.4 Å². The third-order valence-corrected chi connectivity index (χ3v) is 2.75. The number of rotatable bonds is 3. The van der Waals surface area contributed by atoms with Gasteiger partial charge in [0.25, 0.3) is 5.91 Å². The summed E-state index contributed by atoms with van der Waals surface area (Å²) < 4.78 is 0.